The first kappa shape index (κ1) is 20.1. The van der Waals surface area contributed by atoms with Crippen LogP contribution < -0.4 is 11.1 Å². The number of carbonyl (C=O) groups excluding carboxylic acids is 2. The number of hydrogen-bond acceptors (Lipinski definition) is 7. The van der Waals surface area contributed by atoms with E-state index in [0.29, 0.717) is 0 Å². The molecule has 4 unspecified atom stereocenters. The van der Waals surface area contributed by atoms with Crippen LogP contribution in [0.2, 0.25) is 0 Å². The van der Waals surface area contributed by atoms with Gasteiger partial charge in [0.25, 0.3) is 0 Å². The fourth-order valence-corrected chi connectivity index (χ4v) is 1.24. The highest BCUT2D eigenvalue weighted by atomic mass is 16.6. The summed E-state index contributed by atoms with van der Waals surface area (Å²) in [7, 11) is 0. The molecule has 9 nitrogen and oxygen atoms in total. The molecule has 128 valence electrons. The minimum absolute atomic E-state index is 0.121. The molecular weight excluding hydrogens is 294 g/mol. The highest BCUT2D eigenvalue weighted by Crippen LogP contribution is 1.98. The van der Waals surface area contributed by atoms with Gasteiger partial charge in [-0.2, -0.15) is 0 Å². The van der Waals surface area contributed by atoms with Crippen LogP contribution in [0, 0.1) is 0 Å². The van der Waals surface area contributed by atoms with Gasteiger partial charge in [-0.05, 0) is 27.7 Å². The van der Waals surface area contributed by atoms with E-state index >= 15 is 0 Å². The SMILES string of the molecule is CC(O)COC(=O)C(C)NC(N)=NC(C)C(=O)OC(C)CO. The lowest BCUT2D eigenvalue weighted by Gasteiger charge is -2.16. The molecule has 0 aliphatic heterocycles. The first-order chi connectivity index (χ1) is 10.2. The first-order valence-electron chi connectivity index (χ1n) is 6.93. The van der Waals surface area contributed by atoms with E-state index in [4.69, 9.17) is 25.4 Å². The Hall–Kier alpha value is -1.87. The molecule has 5 N–H and O–H groups in total. The Labute approximate surface area is 129 Å². The second kappa shape index (κ2) is 9.96. The average molecular weight is 319 g/mol. The van der Waals surface area contributed by atoms with E-state index in [1.165, 1.54) is 27.7 Å². The molecule has 22 heavy (non-hydrogen) atoms. The van der Waals surface area contributed by atoms with Crippen molar-refractivity contribution in [1.29, 1.82) is 0 Å². The Kier molecular flexibility index (Phi) is 9.11. The molecule has 0 fully saturated rings. The van der Waals surface area contributed by atoms with Gasteiger partial charge in [0.2, 0.25) is 0 Å². The Balaban J connectivity index is 4.41. The molecule has 4 atom stereocenters. The Morgan fingerprint density at radius 1 is 1.23 bits per heavy atom. The maximum atomic E-state index is 11.6. The van der Waals surface area contributed by atoms with Crippen LogP contribution >= 0.6 is 0 Å². The highest BCUT2D eigenvalue weighted by molar-refractivity contribution is 5.87. The van der Waals surface area contributed by atoms with Gasteiger partial charge in [-0.15, -0.1) is 0 Å². The molecule has 0 heterocycles. The Morgan fingerprint density at radius 2 is 1.82 bits per heavy atom. The van der Waals surface area contributed by atoms with Crippen molar-refractivity contribution >= 4 is 17.9 Å². The number of aliphatic imine (C=N–C) groups is 1. The fraction of sp³-hybridized carbons (Fsp3) is 0.769. The number of hydrogen-bond donors (Lipinski definition) is 4. The van der Waals surface area contributed by atoms with Crippen LogP contribution in [-0.2, 0) is 19.1 Å². The summed E-state index contributed by atoms with van der Waals surface area (Å²) in [6, 6.07) is -1.68. The number of nitrogens with two attached hydrogens (primary N) is 1. The molecule has 0 aliphatic rings. The van der Waals surface area contributed by atoms with Crippen LogP contribution in [0.1, 0.15) is 27.7 Å². The molecular formula is C13H25N3O6. The molecule has 0 bridgehead atoms. The number of carbonyl (C=O) groups is 2. The summed E-state index contributed by atoms with van der Waals surface area (Å²) in [5.74, 6) is -1.37. The molecule has 0 aliphatic carbocycles. The number of rotatable bonds is 8. The van der Waals surface area contributed by atoms with Crippen molar-refractivity contribution in [2.24, 2.45) is 10.7 Å². The van der Waals surface area contributed by atoms with E-state index in [-0.39, 0.29) is 19.2 Å². The quantitative estimate of drug-likeness (QED) is 0.241. The summed E-state index contributed by atoms with van der Waals surface area (Å²) in [5, 5.41) is 20.4. The van der Waals surface area contributed by atoms with Crippen molar-refractivity contribution < 1.29 is 29.3 Å². The Morgan fingerprint density at radius 3 is 2.32 bits per heavy atom. The Bertz CT molecular complexity index is 399. The maximum Gasteiger partial charge on any atom is 0.331 e. The van der Waals surface area contributed by atoms with E-state index in [9.17, 15) is 9.59 Å². The van der Waals surface area contributed by atoms with E-state index in [1.54, 1.807) is 0 Å². The van der Waals surface area contributed by atoms with Crippen LogP contribution in [0.25, 0.3) is 0 Å². The number of nitrogens with one attached hydrogen (secondary N) is 1. The summed E-state index contributed by atoms with van der Waals surface area (Å²) in [6.45, 7) is 5.59. The minimum atomic E-state index is -0.887. The number of nitrogens with zero attached hydrogens (tertiary/aromatic N) is 1. The molecule has 0 saturated heterocycles. The monoisotopic (exact) mass is 319 g/mol. The second-order valence-electron chi connectivity index (χ2n) is 4.97. The van der Waals surface area contributed by atoms with Gasteiger partial charge in [0.15, 0.2) is 5.96 Å². The van der Waals surface area contributed by atoms with Gasteiger partial charge in [-0.1, -0.05) is 0 Å². The van der Waals surface area contributed by atoms with Gasteiger partial charge in [0, 0.05) is 0 Å². The summed E-state index contributed by atoms with van der Waals surface area (Å²) in [6.07, 6.45) is -1.39. The number of esters is 2. The molecule has 0 aromatic heterocycles. The van der Waals surface area contributed by atoms with E-state index < -0.39 is 36.2 Å². The predicted molar refractivity (Wildman–Crippen MR) is 79.0 cm³/mol. The number of guanidine groups is 1. The largest absolute Gasteiger partial charge is 0.461 e. The third-order valence-corrected chi connectivity index (χ3v) is 2.43. The predicted octanol–water partition coefficient (Wildman–Crippen LogP) is -1.48. The molecule has 0 aromatic rings. The summed E-state index contributed by atoms with van der Waals surface area (Å²) in [4.78, 5) is 27.0. The third-order valence-electron chi connectivity index (χ3n) is 2.43. The summed E-state index contributed by atoms with van der Waals surface area (Å²) in [5.41, 5.74) is 5.59. The van der Waals surface area contributed by atoms with Gasteiger partial charge < -0.3 is 30.7 Å². The number of aliphatic hydroxyl groups excluding tert-OH is 2. The first-order valence-corrected chi connectivity index (χ1v) is 6.93. The third kappa shape index (κ3) is 8.42. The number of ether oxygens (including phenoxy) is 2. The molecule has 0 saturated carbocycles. The van der Waals surface area contributed by atoms with Crippen molar-refractivity contribution in [3.63, 3.8) is 0 Å². The average Bonchev–Trinajstić information content (AvgIpc) is 2.43. The maximum absolute atomic E-state index is 11.6. The van der Waals surface area contributed by atoms with Gasteiger partial charge in [-0.3, -0.25) is 0 Å². The normalized spacial score (nSPS) is 17.1. The van der Waals surface area contributed by atoms with Gasteiger partial charge in [0.05, 0.1) is 12.7 Å². The molecule has 0 rings (SSSR count). The minimum Gasteiger partial charge on any atom is -0.461 e. The van der Waals surface area contributed by atoms with Crippen molar-refractivity contribution in [1.82, 2.24) is 5.32 Å². The van der Waals surface area contributed by atoms with Crippen molar-refractivity contribution in [3.05, 3.63) is 0 Å². The molecule has 0 spiro atoms. The van der Waals surface area contributed by atoms with Crippen molar-refractivity contribution in [2.45, 2.75) is 52.0 Å². The lowest BCUT2D eigenvalue weighted by Crippen LogP contribution is -2.45. The summed E-state index contributed by atoms with van der Waals surface area (Å²) < 4.78 is 9.69. The lowest BCUT2D eigenvalue weighted by atomic mass is 10.3. The van der Waals surface area contributed by atoms with Gasteiger partial charge in [-0.25, -0.2) is 14.6 Å². The zero-order valence-electron chi connectivity index (χ0n) is 13.3. The van der Waals surface area contributed by atoms with Crippen molar-refractivity contribution in [3.8, 4) is 0 Å². The van der Waals surface area contributed by atoms with Crippen molar-refractivity contribution in [2.75, 3.05) is 13.2 Å². The van der Waals surface area contributed by atoms with Crippen LogP contribution in [0.3, 0.4) is 0 Å². The standard InChI is InChI=1S/C13H25N3O6/c1-7(18)6-21-11(19)9(3)15-13(14)16-10(4)12(20)22-8(2)5-17/h7-10,17-18H,5-6H2,1-4H3,(H3,14,15,16). The number of aliphatic hydroxyl groups is 2. The van der Waals surface area contributed by atoms with Crippen LogP contribution in [-0.4, -0.2) is 65.6 Å². The topological polar surface area (TPSA) is 143 Å². The lowest BCUT2D eigenvalue weighted by molar-refractivity contribution is -0.151. The summed E-state index contributed by atoms with van der Waals surface area (Å²) >= 11 is 0. The molecule has 0 amide bonds. The second-order valence-corrected chi connectivity index (χ2v) is 4.97. The van der Waals surface area contributed by atoms with Crippen LogP contribution in [0.15, 0.2) is 4.99 Å². The van der Waals surface area contributed by atoms with E-state index in [2.05, 4.69) is 10.3 Å². The van der Waals surface area contributed by atoms with Crippen LogP contribution in [0.5, 0.6) is 0 Å². The molecule has 0 radical (unpaired) electrons. The smallest absolute Gasteiger partial charge is 0.331 e. The molecule has 9 heteroatoms. The fourth-order valence-electron chi connectivity index (χ4n) is 1.24. The zero-order valence-corrected chi connectivity index (χ0v) is 13.3. The van der Waals surface area contributed by atoms with Crippen LogP contribution in [0.4, 0.5) is 0 Å². The van der Waals surface area contributed by atoms with Gasteiger partial charge in [0.1, 0.15) is 24.8 Å². The van der Waals surface area contributed by atoms with Gasteiger partial charge >= 0.3 is 11.9 Å². The molecule has 0 aromatic carbocycles. The van der Waals surface area contributed by atoms with E-state index in [1.807, 2.05) is 0 Å². The zero-order chi connectivity index (χ0) is 17.3. The van der Waals surface area contributed by atoms with E-state index in [0.717, 1.165) is 0 Å². The highest BCUT2D eigenvalue weighted by Gasteiger charge is 2.19.